The topological polar surface area (TPSA) is 32.7 Å². The molecule has 1 fully saturated rings. The molecule has 1 unspecified atom stereocenters. The van der Waals surface area contributed by atoms with Gasteiger partial charge in [-0.15, -0.1) is 0 Å². The van der Waals surface area contributed by atoms with Gasteiger partial charge in [0.05, 0.1) is 6.10 Å². The Balaban J connectivity index is 1.85. The van der Waals surface area contributed by atoms with E-state index in [0.29, 0.717) is 6.61 Å². The number of ether oxygens (including phenoxy) is 1. The molecule has 0 aliphatic carbocycles. The Kier molecular flexibility index (Phi) is 4.40. The van der Waals surface area contributed by atoms with E-state index < -0.39 is 6.10 Å². The Morgan fingerprint density at radius 2 is 2.00 bits per heavy atom. The molecule has 2 rings (SSSR count). The Bertz CT molecular complexity index is 346. The smallest absolute Gasteiger partial charge is 0.125 e. The first-order valence-electron chi connectivity index (χ1n) is 6.39. The number of aliphatic hydroxyl groups is 1. The van der Waals surface area contributed by atoms with Crippen molar-refractivity contribution < 1.29 is 9.84 Å². The molecule has 0 radical (unpaired) electrons. The molecular weight excluding hydrogens is 214 g/mol. The highest BCUT2D eigenvalue weighted by atomic mass is 16.5. The highest BCUT2D eigenvalue weighted by molar-refractivity contribution is 5.34. The zero-order valence-electron chi connectivity index (χ0n) is 10.4. The number of hydrogen-bond donors (Lipinski definition) is 1. The zero-order valence-corrected chi connectivity index (χ0v) is 10.4. The molecule has 94 valence electrons. The molecule has 1 saturated heterocycles. The van der Waals surface area contributed by atoms with E-state index in [1.54, 1.807) is 6.92 Å². The zero-order chi connectivity index (χ0) is 12.1. The third kappa shape index (κ3) is 3.45. The average molecular weight is 235 g/mol. The van der Waals surface area contributed by atoms with Crippen molar-refractivity contribution in [2.24, 2.45) is 0 Å². The Hall–Kier alpha value is -1.06. The van der Waals surface area contributed by atoms with Gasteiger partial charge in [-0.25, -0.2) is 0 Å². The minimum atomic E-state index is -0.474. The molecule has 0 bridgehead atoms. The number of likely N-dealkylation sites (tertiary alicyclic amines) is 1. The summed E-state index contributed by atoms with van der Waals surface area (Å²) in [4.78, 5) is 2.42. The number of rotatable bonds is 5. The maximum absolute atomic E-state index is 9.62. The van der Waals surface area contributed by atoms with Crippen molar-refractivity contribution in [2.75, 3.05) is 26.2 Å². The van der Waals surface area contributed by atoms with Gasteiger partial charge in [0.2, 0.25) is 0 Å². The fourth-order valence-electron chi connectivity index (χ4n) is 2.25. The van der Waals surface area contributed by atoms with Crippen LogP contribution in [-0.2, 0) is 0 Å². The number of para-hydroxylation sites is 1. The van der Waals surface area contributed by atoms with Crippen molar-refractivity contribution in [3.63, 3.8) is 0 Å². The number of aliphatic hydroxyl groups excluding tert-OH is 1. The van der Waals surface area contributed by atoms with Gasteiger partial charge in [-0.1, -0.05) is 18.2 Å². The molecule has 3 nitrogen and oxygen atoms in total. The lowest BCUT2D eigenvalue weighted by Crippen LogP contribution is -2.25. The van der Waals surface area contributed by atoms with Gasteiger partial charge in [0.1, 0.15) is 12.4 Å². The summed E-state index contributed by atoms with van der Waals surface area (Å²) in [5.74, 6) is 0.807. The van der Waals surface area contributed by atoms with Crippen molar-refractivity contribution >= 4 is 0 Å². The summed E-state index contributed by atoms with van der Waals surface area (Å²) in [7, 11) is 0. The third-order valence-electron chi connectivity index (χ3n) is 3.23. The van der Waals surface area contributed by atoms with Crippen molar-refractivity contribution in [3.05, 3.63) is 29.8 Å². The van der Waals surface area contributed by atoms with Crippen LogP contribution in [0, 0.1) is 0 Å². The number of nitrogens with zero attached hydrogens (tertiary/aromatic N) is 1. The minimum Gasteiger partial charge on any atom is -0.492 e. The monoisotopic (exact) mass is 235 g/mol. The molecular formula is C14H21NO2. The van der Waals surface area contributed by atoms with Crippen LogP contribution in [0.15, 0.2) is 24.3 Å². The molecule has 1 heterocycles. The van der Waals surface area contributed by atoms with Crippen LogP contribution in [0.5, 0.6) is 5.75 Å². The van der Waals surface area contributed by atoms with Gasteiger partial charge in [-0.2, -0.15) is 0 Å². The first-order chi connectivity index (χ1) is 8.27. The van der Waals surface area contributed by atoms with Crippen molar-refractivity contribution in [2.45, 2.75) is 25.9 Å². The van der Waals surface area contributed by atoms with E-state index in [1.165, 1.54) is 25.9 Å². The summed E-state index contributed by atoms with van der Waals surface area (Å²) < 4.78 is 5.76. The predicted molar refractivity (Wildman–Crippen MR) is 68.2 cm³/mol. The first kappa shape index (κ1) is 12.4. The summed E-state index contributed by atoms with van der Waals surface area (Å²) in [6.07, 6.45) is 2.15. The van der Waals surface area contributed by atoms with Crippen LogP contribution in [0.25, 0.3) is 0 Å². The van der Waals surface area contributed by atoms with Crippen molar-refractivity contribution in [3.8, 4) is 5.75 Å². The second-order valence-electron chi connectivity index (χ2n) is 4.61. The lowest BCUT2D eigenvalue weighted by molar-refractivity contribution is 0.186. The SMILES string of the molecule is CC(O)c1ccccc1OCCN1CCCC1. The van der Waals surface area contributed by atoms with Crippen molar-refractivity contribution in [1.82, 2.24) is 4.90 Å². The Morgan fingerprint density at radius 1 is 1.29 bits per heavy atom. The highest BCUT2D eigenvalue weighted by Gasteiger charge is 2.12. The molecule has 1 aromatic rings. The van der Waals surface area contributed by atoms with E-state index in [2.05, 4.69) is 4.90 Å². The quantitative estimate of drug-likeness (QED) is 0.849. The highest BCUT2D eigenvalue weighted by Crippen LogP contribution is 2.24. The summed E-state index contributed by atoms with van der Waals surface area (Å²) >= 11 is 0. The largest absolute Gasteiger partial charge is 0.492 e. The minimum absolute atomic E-state index is 0.474. The van der Waals surface area contributed by atoms with Gasteiger partial charge in [0.15, 0.2) is 0 Å². The normalized spacial score (nSPS) is 18.2. The summed E-state index contributed by atoms with van der Waals surface area (Å²) in [5.41, 5.74) is 0.869. The lowest BCUT2D eigenvalue weighted by atomic mass is 10.1. The second kappa shape index (κ2) is 6.03. The summed E-state index contributed by atoms with van der Waals surface area (Å²) in [6, 6.07) is 7.70. The molecule has 17 heavy (non-hydrogen) atoms. The second-order valence-corrected chi connectivity index (χ2v) is 4.61. The van der Waals surface area contributed by atoms with Gasteiger partial charge in [-0.05, 0) is 38.9 Å². The van der Waals surface area contributed by atoms with Crippen molar-refractivity contribution in [1.29, 1.82) is 0 Å². The van der Waals surface area contributed by atoms with Crippen LogP contribution in [0.3, 0.4) is 0 Å². The van der Waals surface area contributed by atoms with Crippen LogP contribution < -0.4 is 4.74 Å². The summed E-state index contributed by atoms with van der Waals surface area (Å²) in [5, 5.41) is 9.62. The Morgan fingerprint density at radius 3 is 2.71 bits per heavy atom. The van der Waals surface area contributed by atoms with Gasteiger partial charge in [0, 0.05) is 12.1 Å². The van der Waals surface area contributed by atoms with Crippen LogP contribution in [0.2, 0.25) is 0 Å². The molecule has 0 aromatic heterocycles. The molecule has 0 spiro atoms. The van der Waals surface area contributed by atoms with Crippen LogP contribution in [0.4, 0.5) is 0 Å². The van der Waals surface area contributed by atoms with Crippen LogP contribution in [-0.4, -0.2) is 36.2 Å². The fourth-order valence-corrected chi connectivity index (χ4v) is 2.25. The van der Waals surface area contributed by atoms with E-state index in [9.17, 15) is 5.11 Å². The average Bonchev–Trinajstić information content (AvgIpc) is 2.82. The number of benzene rings is 1. The molecule has 1 atom stereocenters. The molecule has 3 heteroatoms. The van der Waals surface area contributed by atoms with Crippen LogP contribution in [0.1, 0.15) is 31.4 Å². The standard InChI is InChI=1S/C14H21NO2/c1-12(16)13-6-2-3-7-14(13)17-11-10-15-8-4-5-9-15/h2-3,6-7,12,16H,4-5,8-11H2,1H3. The molecule has 1 aromatic carbocycles. The molecule has 1 aliphatic heterocycles. The maximum atomic E-state index is 9.62. The van der Waals surface area contributed by atoms with Gasteiger partial charge < -0.3 is 9.84 Å². The van der Waals surface area contributed by atoms with Gasteiger partial charge >= 0.3 is 0 Å². The molecule has 0 saturated carbocycles. The molecule has 0 amide bonds. The van der Waals surface area contributed by atoms with E-state index in [-0.39, 0.29) is 0 Å². The number of hydrogen-bond acceptors (Lipinski definition) is 3. The maximum Gasteiger partial charge on any atom is 0.125 e. The van der Waals surface area contributed by atoms with E-state index in [0.717, 1.165) is 17.9 Å². The fraction of sp³-hybridized carbons (Fsp3) is 0.571. The Labute approximate surface area is 103 Å². The van der Waals surface area contributed by atoms with E-state index in [4.69, 9.17) is 4.74 Å². The molecule has 1 aliphatic rings. The van der Waals surface area contributed by atoms with E-state index >= 15 is 0 Å². The summed E-state index contributed by atoms with van der Waals surface area (Å²) in [6.45, 7) is 5.84. The van der Waals surface area contributed by atoms with E-state index in [1.807, 2.05) is 24.3 Å². The van der Waals surface area contributed by atoms with Gasteiger partial charge in [-0.3, -0.25) is 4.90 Å². The van der Waals surface area contributed by atoms with Crippen LogP contribution >= 0.6 is 0 Å². The lowest BCUT2D eigenvalue weighted by Gasteiger charge is -2.17. The predicted octanol–water partition coefficient (Wildman–Crippen LogP) is 2.21. The first-order valence-corrected chi connectivity index (χ1v) is 6.39. The molecule has 1 N–H and O–H groups in total. The van der Waals surface area contributed by atoms with Gasteiger partial charge in [0.25, 0.3) is 0 Å². The third-order valence-corrected chi connectivity index (χ3v) is 3.23.